The molecule has 0 aromatic heterocycles. The summed E-state index contributed by atoms with van der Waals surface area (Å²) in [6.45, 7) is 9.85. The molecule has 0 bridgehead atoms. The molecule has 0 N–H and O–H groups in total. The molecule has 3 heterocycles. The zero-order chi connectivity index (χ0) is 33.7. The van der Waals surface area contributed by atoms with E-state index in [1.165, 1.54) is 6.92 Å². The third-order valence-electron chi connectivity index (χ3n) is 8.02. The number of hydrogen-bond acceptors (Lipinski definition) is 13. The number of benzene rings is 1. The minimum absolute atomic E-state index is 0.0466. The largest absolute Gasteiger partial charge is 0.464 e. The first kappa shape index (κ1) is 35.2. The first-order valence-electron chi connectivity index (χ1n) is 15.5. The molecule has 1 unspecified atom stereocenters. The average Bonchev–Trinajstić information content (AvgIpc) is 3.68. The molecule has 13 heteroatoms. The standard InChI is InChI=1S/C33H43NO12/c1-8-32(44-21(5)35)25(43-28-26(32)45-31(6,7)46-28)20-42-33(29(37)40-10-3,30(38)41-11-4)19-22-14-16-23(17-15-22)34-18-12-13-24(34)27(36)39-9-2/h1,14-17,24-26,28H,9-13,18-20H2,2-7H3/t24?,25-,26+,28-,32-/m1/s1. The quantitative estimate of drug-likeness (QED) is 0.134. The Labute approximate surface area is 269 Å². The summed E-state index contributed by atoms with van der Waals surface area (Å²) in [5, 5.41) is 0. The number of terminal acetylenes is 1. The maximum absolute atomic E-state index is 13.6. The van der Waals surface area contributed by atoms with Crippen LogP contribution >= 0.6 is 0 Å². The maximum atomic E-state index is 13.6. The Morgan fingerprint density at radius 1 is 1.00 bits per heavy atom. The van der Waals surface area contributed by atoms with Crippen molar-refractivity contribution < 1.29 is 57.1 Å². The van der Waals surface area contributed by atoms with E-state index in [4.69, 9.17) is 44.3 Å². The molecule has 3 aliphatic heterocycles. The highest BCUT2D eigenvalue weighted by molar-refractivity contribution is 6.04. The molecule has 3 saturated heterocycles. The highest BCUT2D eigenvalue weighted by Gasteiger charge is 2.66. The monoisotopic (exact) mass is 645 g/mol. The summed E-state index contributed by atoms with van der Waals surface area (Å²) >= 11 is 0. The minimum Gasteiger partial charge on any atom is -0.464 e. The van der Waals surface area contributed by atoms with Crippen LogP contribution < -0.4 is 4.90 Å². The van der Waals surface area contributed by atoms with Gasteiger partial charge in [0.2, 0.25) is 5.60 Å². The fourth-order valence-electron chi connectivity index (χ4n) is 6.06. The summed E-state index contributed by atoms with van der Waals surface area (Å²) in [6, 6.07) is 6.67. The third kappa shape index (κ3) is 7.00. The van der Waals surface area contributed by atoms with Crippen molar-refractivity contribution in [3.8, 4) is 12.3 Å². The molecule has 0 radical (unpaired) electrons. The van der Waals surface area contributed by atoms with Gasteiger partial charge in [0.25, 0.3) is 5.60 Å². The number of hydrogen-bond donors (Lipinski definition) is 0. The summed E-state index contributed by atoms with van der Waals surface area (Å²) < 4.78 is 45.5. The van der Waals surface area contributed by atoms with Crippen LogP contribution in [-0.4, -0.2) is 98.4 Å². The van der Waals surface area contributed by atoms with Gasteiger partial charge >= 0.3 is 23.9 Å². The van der Waals surface area contributed by atoms with Crippen molar-refractivity contribution >= 4 is 29.6 Å². The fraction of sp³-hybridized carbons (Fsp3) is 0.636. The van der Waals surface area contributed by atoms with E-state index < -0.39 is 66.0 Å². The van der Waals surface area contributed by atoms with Gasteiger partial charge in [0.05, 0.1) is 26.4 Å². The van der Waals surface area contributed by atoms with E-state index in [9.17, 15) is 19.2 Å². The number of fused-ring (bicyclic) bond motifs is 1. The molecule has 46 heavy (non-hydrogen) atoms. The molecular formula is C33H43NO12. The number of carbonyl (C=O) groups excluding carboxylic acids is 4. The van der Waals surface area contributed by atoms with Crippen LogP contribution in [0.3, 0.4) is 0 Å². The molecule has 5 atom stereocenters. The van der Waals surface area contributed by atoms with Crippen molar-refractivity contribution in [2.24, 2.45) is 0 Å². The molecule has 13 nitrogen and oxygen atoms in total. The highest BCUT2D eigenvalue weighted by atomic mass is 16.8. The zero-order valence-corrected chi connectivity index (χ0v) is 27.2. The molecule has 4 rings (SSSR count). The second kappa shape index (κ2) is 14.4. The highest BCUT2D eigenvalue weighted by Crippen LogP contribution is 2.45. The Morgan fingerprint density at radius 3 is 2.20 bits per heavy atom. The molecule has 0 spiro atoms. The van der Waals surface area contributed by atoms with Gasteiger partial charge in [-0.2, -0.15) is 0 Å². The summed E-state index contributed by atoms with van der Waals surface area (Å²) in [6.07, 6.45) is 3.93. The van der Waals surface area contributed by atoms with Crippen LogP contribution in [0.15, 0.2) is 24.3 Å². The minimum atomic E-state index is -2.28. The Bertz CT molecular complexity index is 1300. The summed E-state index contributed by atoms with van der Waals surface area (Å²) in [7, 11) is 0. The number of nitrogens with zero attached hydrogens (tertiary/aromatic N) is 1. The molecular weight excluding hydrogens is 602 g/mol. The van der Waals surface area contributed by atoms with E-state index in [1.54, 1.807) is 58.9 Å². The normalized spacial score (nSPS) is 26.6. The Hall–Kier alpha value is -3.70. The van der Waals surface area contributed by atoms with Crippen LogP contribution in [-0.2, 0) is 63.5 Å². The number of esters is 4. The van der Waals surface area contributed by atoms with Crippen molar-refractivity contribution in [3.05, 3.63) is 29.8 Å². The van der Waals surface area contributed by atoms with Crippen LogP contribution in [0, 0.1) is 12.3 Å². The van der Waals surface area contributed by atoms with Crippen molar-refractivity contribution in [2.45, 2.75) is 102 Å². The lowest BCUT2D eigenvalue weighted by molar-refractivity contribution is -0.239. The van der Waals surface area contributed by atoms with Gasteiger partial charge < -0.3 is 42.8 Å². The van der Waals surface area contributed by atoms with Crippen LogP contribution in [0.4, 0.5) is 5.69 Å². The van der Waals surface area contributed by atoms with Crippen LogP contribution in [0.25, 0.3) is 0 Å². The lowest BCUT2D eigenvalue weighted by Crippen LogP contribution is -2.57. The van der Waals surface area contributed by atoms with Gasteiger partial charge in [-0.1, -0.05) is 18.1 Å². The van der Waals surface area contributed by atoms with Gasteiger partial charge in [-0.05, 0) is 65.2 Å². The molecule has 0 saturated carbocycles. The molecule has 0 aliphatic carbocycles. The van der Waals surface area contributed by atoms with Crippen molar-refractivity contribution in [1.29, 1.82) is 0 Å². The van der Waals surface area contributed by atoms with Crippen LogP contribution in [0.1, 0.15) is 59.9 Å². The van der Waals surface area contributed by atoms with E-state index in [1.807, 2.05) is 4.90 Å². The molecule has 1 aromatic rings. The van der Waals surface area contributed by atoms with Gasteiger partial charge in [0.15, 0.2) is 18.2 Å². The predicted molar refractivity (Wildman–Crippen MR) is 161 cm³/mol. The number of anilines is 1. The average molecular weight is 646 g/mol. The summed E-state index contributed by atoms with van der Waals surface area (Å²) in [5.74, 6) is -1.54. The summed E-state index contributed by atoms with van der Waals surface area (Å²) in [5.41, 5.74) is -2.76. The smallest absolute Gasteiger partial charge is 0.350 e. The third-order valence-corrected chi connectivity index (χ3v) is 8.02. The maximum Gasteiger partial charge on any atom is 0.350 e. The second-order valence-electron chi connectivity index (χ2n) is 11.6. The molecule has 3 aliphatic rings. The van der Waals surface area contributed by atoms with Gasteiger partial charge in [-0.3, -0.25) is 4.79 Å². The van der Waals surface area contributed by atoms with E-state index >= 15 is 0 Å². The van der Waals surface area contributed by atoms with Crippen LogP contribution in [0.2, 0.25) is 0 Å². The topological polar surface area (TPSA) is 145 Å². The van der Waals surface area contributed by atoms with Crippen LogP contribution in [0.5, 0.6) is 0 Å². The SMILES string of the molecule is C#C[C@@]1(OC(C)=O)[C@@H](COC(Cc2ccc(N3CCCC3C(=O)OCC)cc2)(C(=O)OCC)C(=O)OCC)O[C@@H]2OC(C)(C)O[C@@H]21. The lowest BCUT2D eigenvalue weighted by Gasteiger charge is -2.35. The number of carbonyl (C=O) groups is 4. The molecule has 252 valence electrons. The fourth-order valence-corrected chi connectivity index (χ4v) is 6.06. The van der Waals surface area contributed by atoms with E-state index in [2.05, 4.69) is 5.92 Å². The van der Waals surface area contributed by atoms with Crippen molar-refractivity contribution in [2.75, 3.05) is 37.9 Å². The van der Waals surface area contributed by atoms with Gasteiger partial charge in [0.1, 0.15) is 12.1 Å². The van der Waals surface area contributed by atoms with E-state index in [0.717, 1.165) is 12.1 Å². The van der Waals surface area contributed by atoms with E-state index in [0.29, 0.717) is 25.1 Å². The van der Waals surface area contributed by atoms with Gasteiger partial charge in [0, 0.05) is 25.6 Å². The predicted octanol–water partition coefficient (Wildman–Crippen LogP) is 2.45. The number of rotatable bonds is 13. The zero-order valence-electron chi connectivity index (χ0n) is 27.2. The Kier molecular flexibility index (Phi) is 11.0. The van der Waals surface area contributed by atoms with Gasteiger partial charge in [-0.25, -0.2) is 14.4 Å². The summed E-state index contributed by atoms with van der Waals surface area (Å²) in [4.78, 5) is 53.9. The molecule has 3 fully saturated rings. The first-order chi connectivity index (χ1) is 21.9. The number of ether oxygens (including phenoxy) is 8. The van der Waals surface area contributed by atoms with E-state index in [-0.39, 0.29) is 25.6 Å². The van der Waals surface area contributed by atoms with Crippen molar-refractivity contribution in [3.63, 3.8) is 0 Å². The lowest BCUT2D eigenvalue weighted by atomic mass is 9.91. The second-order valence-corrected chi connectivity index (χ2v) is 11.6. The van der Waals surface area contributed by atoms with Crippen molar-refractivity contribution in [1.82, 2.24) is 0 Å². The van der Waals surface area contributed by atoms with Gasteiger partial charge in [-0.15, -0.1) is 6.42 Å². The molecule has 1 aromatic carbocycles. The first-order valence-corrected chi connectivity index (χ1v) is 15.5. The Balaban J connectivity index is 1.64. The molecule has 0 amide bonds. The Morgan fingerprint density at radius 2 is 1.63 bits per heavy atom.